The number of anilines is 1. The molecule has 4 aromatic rings. The highest BCUT2D eigenvalue weighted by molar-refractivity contribution is 6.01. The highest BCUT2D eigenvalue weighted by Gasteiger charge is 2.16. The summed E-state index contributed by atoms with van der Waals surface area (Å²) >= 11 is 0. The van der Waals surface area contributed by atoms with Crippen molar-refractivity contribution >= 4 is 22.4 Å². The Bertz CT molecular complexity index is 1340. The molecule has 0 amide bonds. The second-order valence-electron chi connectivity index (χ2n) is 6.89. The van der Waals surface area contributed by atoms with Gasteiger partial charge in [-0.15, -0.1) is 0 Å². The molecule has 0 saturated heterocycles. The SMILES string of the molecule is CC(=N)c1ccc(-c2cc(F)c(Cn3c(=O)cnc4cnccc43)c(F)c2)cc1N. The number of pyridine rings is 1. The molecule has 0 fully saturated rings. The predicted molar refractivity (Wildman–Crippen MR) is 112 cm³/mol. The third-order valence-corrected chi connectivity index (χ3v) is 4.89. The molecule has 4 rings (SSSR count). The number of hydrogen-bond acceptors (Lipinski definition) is 5. The third-order valence-electron chi connectivity index (χ3n) is 4.89. The minimum atomic E-state index is -0.776. The van der Waals surface area contributed by atoms with Crippen LogP contribution in [0.5, 0.6) is 0 Å². The first-order chi connectivity index (χ1) is 14.3. The molecule has 150 valence electrons. The predicted octanol–water partition coefficient (Wildman–Crippen LogP) is 3.75. The molecule has 0 unspecified atom stereocenters. The fraction of sp³-hybridized carbons (Fsp3) is 0.0909. The summed E-state index contributed by atoms with van der Waals surface area (Å²) in [6.45, 7) is 1.33. The number of halogens is 2. The molecule has 0 saturated carbocycles. The number of hydrogen-bond donors (Lipinski definition) is 2. The minimum absolute atomic E-state index is 0.231. The van der Waals surface area contributed by atoms with Gasteiger partial charge in [0.2, 0.25) is 0 Å². The summed E-state index contributed by atoms with van der Waals surface area (Å²) in [5.74, 6) is -1.55. The van der Waals surface area contributed by atoms with Crippen molar-refractivity contribution in [3.8, 4) is 11.1 Å². The van der Waals surface area contributed by atoms with Crippen molar-refractivity contribution in [3.63, 3.8) is 0 Å². The molecule has 0 atom stereocenters. The van der Waals surface area contributed by atoms with E-state index in [1.807, 2.05) is 0 Å². The van der Waals surface area contributed by atoms with Crippen LogP contribution in [0.2, 0.25) is 0 Å². The number of nitrogens with one attached hydrogen (secondary N) is 1. The molecule has 0 radical (unpaired) electrons. The number of aromatic nitrogens is 3. The van der Waals surface area contributed by atoms with Crippen LogP contribution < -0.4 is 11.3 Å². The van der Waals surface area contributed by atoms with Gasteiger partial charge in [0.1, 0.15) is 17.2 Å². The number of fused-ring (bicyclic) bond motifs is 1. The number of nitrogen functional groups attached to an aromatic ring is 1. The monoisotopic (exact) mass is 405 g/mol. The maximum absolute atomic E-state index is 14.9. The number of rotatable bonds is 4. The third kappa shape index (κ3) is 3.43. The average Bonchev–Trinajstić information content (AvgIpc) is 2.71. The Morgan fingerprint density at radius 2 is 1.83 bits per heavy atom. The van der Waals surface area contributed by atoms with E-state index in [-0.39, 0.29) is 12.1 Å². The lowest BCUT2D eigenvalue weighted by atomic mass is 9.99. The van der Waals surface area contributed by atoms with Crippen molar-refractivity contribution in [2.45, 2.75) is 13.5 Å². The van der Waals surface area contributed by atoms with Crippen LogP contribution in [-0.4, -0.2) is 20.2 Å². The zero-order valence-corrected chi connectivity index (χ0v) is 16.0. The molecule has 3 N–H and O–H groups in total. The molecule has 0 aliphatic heterocycles. The van der Waals surface area contributed by atoms with Crippen LogP contribution in [0.1, 0.15) is 18.1 Å². The maximum Gasteiger partial charge on any atom is 0.269 e. The van der Waals surface area contributed by atoms with Crippen molar-refractivity contribution in [1.82, 2.24) is 14.5 Å². The Morgan fingerprint density at radius 1 is 1.10 bits per heavy atom. The second kappa shape index (κ2) is 7.47. The first-order valence-electron chi connectivity index (χ1n) is 9.08. The highest BCUT2D eigenvalue weighted by atomic mass is 19.1. The lowest BCUT2D eigenvalue weighted by molar-refractivity contribution is 0.545. The molecule has 8 heteroatoms. The van der Waals surface area contributed by atoms with Crippen LogP contribution in [-0.2, 0) is 6.54 Å². The van der Waals surface area contributed by atoms with Gasteiger partial charge in [0.15, 0.2) is 0 Å². The Morgan fingerprint density at radius 3 is 2.50 bits per heavy atom. The highest BCUT2D eigenvalue weighted by Crippen LogP contribution is 2.28. The summed E-state index contributed by atoms with van der Waals surface area (Å²) in [6.07, 6.45) is 4.06. The van der Waals surface area contributed by atoms with Gasteiger partial charge in [-0.25, -0.2) is 13.8 Å². The summed E-state index contributed by atoms with van der Waals surface area (Å²) < 4.78 is 31.0. The standard InChI is InChI=1S/C22H17F2N5O/c1-12(25)15-3-2-13(8-19(15)26)14-6-17(23)16(18(24)7-14)11-29-21-4-5-27-9-20(21)28-10-22(29)30/h2-10,25H,11,26H2,1H3. The normalized spacial score (nSPS) is 11.0. The van der Waals surface area contributed by atoms with Gasteiger partial charge < -0.3 is 15.7 Å². The fourth-order valence-corrected chi connectivity index (χ4v) is 3.35. The topological polar surface area (TPSA) is 97.6 Å². The Hall–Kier alpha value is -3.94. The van der Waals surface area contributed by atoms with Gasteiger partial charge in [-0.3, -0.25) is 9.78 Å². The molecule has 2 aromatic heterocycles. The fourth-order valence-electron chi connectivity index (χ4n) is 3.35. The van der Waals surface area contributed by atoms with Crippen molar-refractivity contribution in [2.75, 3.05) is 5.73 Å². The van der Waals surface area contributed by atoms with E-state index in [1.165, 1.54) is 29.1 Å². The van der Waals surface area contributed by atoms with E-state index < -0.39 is 17.2 Å². The van der Waals surface area contributed by atoms with E-state index in [9.17, 15) is 13.6 Å². The Labute approximate surface area is 170 Å². The van der Waals surface area contributed by atoms with E-state index in [2.05, 4.69) is 9.97 Å². The zero-order chi connectivity index (χ0) is 21.4. The number of benzene rings is 2. The summed E-state index contributed by atoms with van der Waals surface area (Å²) in [7, 11) is 0. The second-order valence-corrected chi connectivity index (χ2v) is 6.89. The van der Waals surface area contributed by atoms with Crippen molar-refractivity contribution in [2.24, 2.45) is 0 Å². The lowest BCUT2D eigenvalue weighted by Crippen LogP contribution is -2.22. The molecule has 0 aliphatic rings. The first kappa shape index (κ1) is 19.4. The summed E-state index contributed by atoms with van der Waals surface area (Å²) in [5, 5.41) is 7.69. The molecule has 0 bridgehead atoms. The minimum Gasteiger partial charge on any atom is -0.398 e. The van der Waals surface area contributed by atoms with E-state index in [1.54, 1.807) is 31.2 Å². The molecule has 6 nitrogen and oxygen atoms in total. The largest absolute Gasteiger partial charge is 0.398 e. The van der Waals surface area contributed by atoms with Gasteiger partial charge in [-0.1, -0.05) is 12.1 Å². The van der Waals surface area contributed by atoms with Crippen LogP contribution in [0.15, 0.2) is 59.8 Å². The molecule has 0 spiro atoms. The van der Waals surface area contributed by atoms with Crippen LogP contribution in [0.25, 0.3) is 22.2 Å². The number of nitrogens with zero attached hydrogens (tertiary/aromatic N) is 3. The van der Waals surface area contributed by atoms with E-state index in [4.69, 9.17) is 11.1 Å². The van der Waals surface area contributed by atoms with Gasteiger partial charge >= 0.3 is 0 Å². The average molecular weight is 405 g/mol. The van der Waals surface area contributed by atoms with Crippen LogP contribution in [0.4, 0.5) is 14.5 Å². The van der Waals surface area contributed by atoms with Crippen LogP contribution >= 0.6 is 0 Å². The maximum atomic E-state index is 14.9. The van der Waals surface area contributed by atoms with Crippen molar-refractivity contribution in [1.29, 1.82) is 5.41 Å². The molecular weight excluding hydrogens is 388 g/mol. The molecular formula is C22H17F2N5O. The smallest absolute Gasteiger partial charge is 0.269 e. The summed E-state index contributed by atoms with van der Waals surface area (Å²) in [6, 6.07) is 8.87. The van der Waals surface area contributed by atoms with Gasteiger partial charge in [-0.05, 0) is 42.3 Å². The lowest BCUT2D eigenvalue weighted by Gasteiger charge is -2.13. The Kier molecular flexibility index (Phi) is 4.83. The number of nitrogens with two attached hydrogens (primary N) is 1. The van der Waals surface area contributed by atoms with Gasteiger partial charge in [0, 0.05) is 28.7 Å². The van der Waals surface area contributed by atoms with Crippen LogP contribution in [0.3, 0.4) is 0 Å². The van der Waals surface area contributed by atoms with E-state index >= 15 is 0 Å². The van der Waals surface area contributed by atoms with E-state index in [0.29, 0.717) is 39.1 Å². The van der Waals surface area contributed by atoms with Crippen molar-refractivity contribution < 1.29 is 8.78 Å². The summed E-state index contributed by atoms with van der Waals surface area (Å²) in [4.78, 5) is 20.2. The van der Waals surface area contributed by atoms with Crippen LogP contribution in [0, 0.1) is 17.0 Å². The molecule has 2 aromatic carbocycles. The van der Waals surface area contributed by atoms with Gasteiger partial charge in [-0.2, -0.15) is 0 Å². The van der Waals surface area contributed by atoms with Crippen molar-refractivity contribution in [3.05, 3.63) is 88.1 Å². The first-order valence-corrected chi connectivity index (χ1v) is 9.08. The zero-order valence-electron chi connectivity index (χ0n) is 16.0. The molecule has 2 heterocycles. The summed E-state index contributed by atoms with van der Waals surface area (Å²) in [5.41, 5.74) is 8.20. The molecule has 0 aliphatic carbocycles. The van der Waals surface area contributed by atoms with Gasteiger partial charge in [0.25, 0.3) is 5.56 Å². The van der Waals surface area contributed by atoms with Gasteiger partial charge in [0.05, 0.1) is 24.5 Å². The molecule has 30 heavy (non-hydrogen) atoms. The Balaban J connectivity index is 1.77. The van der Waals surface area contributed by atoms with E-state index in [0.717, 1.165) is 6.20 Å². The quantitative estimate of drug-likeness (QED) is 0.399.